The van der Waals surface area contributed by atoms with Gasteiger partial charge < -0.3 is 9.15 Å². The summed E-state index contributed by atoms with van der Waals surface area (Å²) in [7, 11) is -3.84. The fourth-order valence-corrected chi connectivity index (χ4v) is 4.20. The Morgan fingerprint density at radius 3 is 2.79 bits per heavy atom. The Hall–Kier alpha value is -2.43. The van der Waals surface area contributed by atoms with Gasteiger partial charge >= 0.3 is 0 Å². The Labute approximate surface area is 170 Å². The summed E-state index contributed by atoms with van der Waals surface area (Å²) in [5.41, 5.74) is 0.144. The molecule has 0 radical (unpaired) electrons. The Balaban J connectivity index is 1.75. The highest BCUT2D eigenvalue weighted by molar-refractivity contribution is 9.10. The van der Waals surface area contributed by atoms with Gasteiger partial charge in [0.15, 0.2) is 5.76 Å². The number of sulfonamides is 1. The molecular formula is C18H18BrN3O5S. The van der Waals surface area contributed by atoms with Gasteiger partial charge in [-0.1, -0.05) is 15.9 Å². The number of benzene rings is 1. The van der Waals surface area contributed by atoms with E-state index in [-0.39, 0.29) is 29.3 Å². The third-order valence-electron chi connectivity index (χ3n) is 3.75. The molecule has 0 spiro atoms. The van der Waals surface area contributed by atoms with Crippen molar-refractivity contribution in [1.82, 2.24) is 14.5 Å². The van der Waals surface area contributed by atoms with Gasteiger partial charge in [0.1, 0.15) is 16.3 Å². The predicted molar refractivity (Wildman–Crippen MR) is 107 cm³/mol. The molecular weight excluding hydrogens is 450 g/mol. The van der Waals surface area contributed by atoms with Crippen LogP contribution in [0.25, 0.3) is 11.5 Å². The van der Waals surface area contributed by atoms with E-state index in [9.17, 15) is 13.2 Å². The molecule has 0 fully saturated rings. The lowest BCUT2D eigenvalue weighted by Gasteiger charge is -2.12. The van der Waals surface area contributed by atoms with E-state index >= 15 is 0 Å². The molecule has 0 aliphatic carbocycles. The number of ether oxygens (including phenoxy) is 1. The van der Waals surface area contributed by atoms with Crippen LogP contribution in [0.5, 0.6) is 5.75 Å². The quantitative estimate of drug-likeness (QED) is 0.545. The Bertz CT molecular complexity index is 1110. The Morgan fingerprint density at radius 2 is 2.07 bits per heavy atom. The molecule has 2 aromatic heterocycles. The summed E-state index contributed by atoms with van der Waals surface area (Å²) in [6, 6.07) is 11.1. The molecule has 0 aliphatic rings. The number of nitrogens with one attached hydrogen (secondary N) is 1. The molecule has 1 N–H and O–H groups in total. The van der Waals surface area contributed by atoms with E-state index in [0.29, 0.717) is 22.5 Å². The Morgan fingerprint density at radius 1 is 1.25 bits per heavy atom. The van der Waals surface area contributed by atoms with Crippen molar-refractivity contribution in [3.63, 3.8) is 0 Å². The number of hydrogen-bond donors (Lipinski definition) is 1. The highest BCUT2D eigenvalue weighted by atomic mass is 79.9. The number of rotatable bonds is 8. The molecule has 148 valence electrons. The van der Waals surface area contributed by atoms with Crippen LogP contribution in [0.15, 0.2) is 67.3 Å². The summed E-state index contributed by atoms with van der Waals surface area (Å²) in [5.74, 6) is 0.776. The smallest absolute Gasteiger partial charge is 0.266 e. The van der Waals surface area contributed by atoms with E-state index in [1.807, 2.05) is 0 Å². The van der Waals surface area contributed by atoms with Crippen LogP contribution in [-0.2, 0) is 16.6 Å². The number of halogens is 1. The van der Waals surface area contributed by atoms with Crippen LogP contribution in [0.2, 0.25) is 0 Å². The summed E-state index contributed by atoms with van der Waals surface area (Å²) in [4.78, 5) is 12.0. The summed E-state index contributed by atoms with van der Waals surface area (Å²) >= 11 is 3.27. The average Bonchev–Trinajstić information content (AvgIpc) is 3.19. The SMILES string of the molecule is CCOc1ccc(Br)cc1S(=O)(=O)NCCn1nc(-c2ccco2)ccc1=O. The van der Waals surface area contributed by atoms with Crippen LogP contribution in [-0.4, -0.2) is 31.3 Å². The molecule has 28 heavy (non-hydrogen) atoms. The van der Waals surface area contributed by atoms with Gasteiger partial charge in [-0.3, -0.25) is 4.79 Å². The first-order valence-electron chi connectivity index (χ1n) is 8.45. The zero-order valence-corrected chi connectivity index (χ0v) is 17.4. The van der Waals surface area contributed by atoms with Crippen molar-refractivity contribution in [3.8, 4) is 17.2 Å². The molecule has 0 amide bonds. The normalized spacial score (nSPS) is 11.5. The van der Waals surface area contributed by atoms with Crippen LogP contribution < -0.4 is 15.0 Å². The van der Waals surface area contributed by atoms with Gasteiger partial charge in [-0.2, -0.15) is 5.10 Å². The second-order valence-electron chi connectivity index (χ2n) is 5.68. The van der Waals surface area contributed by atoms with Crippen molar-refractivity contribution < 1.29 is 17.6 Å². The van der Waals surface area contributed by atoms with Gasteiger partial charge in [0.2, 0.25) is 10.0 Å². The molecule has 0 bridgehead atoms. The predicted octanol–water partition coefficient (Wildman–Crippen LogP) is 2.64. The molecule has 0 saturated carbocycles. The highest BCUT2D eigenvalue weighted by Crippen LogP contribution is 2.27. The van der Waals surface area contributed by atoms with E-state index in [1.54, 1.807) is 37.3 Å². The van der Waals surface area contributed by atoms with Crippen LogP contribution in [0.4, 0.5) is 0 Å². The largest absolute Gasteiger partial charge is 0.492 e. The van der Waals surface area contributed by atoms with Gasteiger partial charge in [0.05, 0.1) is 19.4 Å². The topological polar surface area (TPSA) is 103 Å². The van der Waals surface area contributed by atoms with Crippen LogP contribution in [0, 0.1) is 0 Å². The second kappa shape index (κ2) is 8.72. The molecule has 0 unspecified atom stereocenters. The summed E-state index contributed by atoms with van der Waals surface area (Å²) < 4.78 is 40.3. The van der Waals surface area contributed by atoms with E-state index in [2.05, 4.69) is 25.8 Å². The molecule has 3 aromatic rings. The van der Waals surface area contributed by atoms with Crippen LogP contribution in [0.3, 0.4) is 0 Å². The van der Waals surface area contributed by atoms with Gasteiger partial charge in [0.25, 0.3) is 5.56 Å². The number of hydrogen-bond acceptors (Lipinski definition) is 6. The van der Waals surface area contributed by atoms with E-state index < -0.39 is 10.0 Å². The van der Waals surface area contributed by atoms with Crippen molar-refractivity contribution >= 4 is 26.0 Å². The first kappa shape index (κ1) is 20.3. The van der Waals surface area contributed by atoms with Gasteiger partial charge in [-0.05, 0) is 43.3 Å². The van der Waals surface area contributed by atoms with Gasteiger partial charge in [0, 0.05) is 17.1 Å². The zero-order chi connectivity index (χ0) is 20.1. The molecule has 8 nitrogen and oxygen atoms in total. The molecule has 2 heterocycles. The van der Waals surface area contributed by atoms with E-state index in [4.69, 9.17) is 9.15 Å². The van der Waals surface area contributed by atoms with Crippen LogP contribution in [0.1, 0.15) is 6.92 Å². The first-order valence-corrected chi connectivity index (χ1v) is 10.7. The number of aromatic nitrogens is 2. The number of furan rings is 1. The first-order chi connectivity index (χ1) is 13.4. The monoisotopic (exact) mass is 467 g/mol. The van der Waals surface area contributed by atoms with Gasteiger partial charge in [-0.25, -0.2) is 17.8 Å². The summed E-state index contributed by atoms with van der Waals surface area (Å²) in [6.07, 6.45) is 1.51. The maximum Gasteiger partial charge on any atom is 0.266 e. The average molecular weight is 468 g/mol. The van der Waals surface area contributed by atoms with Gasteiger partial charge in [-0.15, -0.1) is 0 Å². The highest BCUT2D eigenvalue weighted by Gasteiger charge is 2.20. The summed E-state index contributed by atoms with van der Waals surface area (Å²) in [6.45, 7) is 2.15. The van der Waals surface area contributed by atoms with Crippen molar-refractivity contribution in [2.75, 3.05) is 13.2 Å². The maximum absolute atomic E-state index is 12.7. The Kier molecular flexibility index (Phi) is 6.32. The standard InChI is InChI=1S/C18H18BrN3O5S/c1-2-26-16-7-5-13(19)12-17(16)28(24,25)20-9-10-22-18(23)8-6-14(21-22)15-4-3-11-27-15/h3-8,11-12,20H,2,9-10H2,1H3. The second-order valence-corrected chi connectivity index (χ2v) is 8.33. The molecule has 0 atom stereocenters. The molecule has 0 saturated heterocycles. The van der Waals surface area contributed by atoms with Crippen molar-refractivity contribution in [3.05, 3.63) is 63.6 Å². The maximum atomic E-state index is 12.7. The molecule has 3 rings (SSSR count). The van der Waals surface area contributed by atoms with Crippen molar-refractivity contribution in [2.24, 2.45) is 0 Å². The molecule has 0 aliphatic heterocycles. The van der Waals surface area contributed by atoms with E-state index in [0.717, 1.165) is 0 Å². The lowest BCUT2D eigenvalue weighted by molar-refractivity contribution is 0.331. The minimum atomic E-state index is -3.84. The van der Waals surface area contributed by atoms with Crippen molar-refractivity contribution in [2.45, 2.75) is 18.4 Å². The van der Waals surface area contributed by atoms with Crippen LogP contribution >= 0.6 is 15.9 Å². The van der Waals surface area contributed by atoms with E-state index in [1.165, 1.54) is 23.1 Å². The molecule has 1 aromatic carbocycles. The fourth-order valence-electron chi connectivity index (χ4n) is 2.50. The minimum Gasteiger partial charge on any atom is -0.492 e. The van der Waals surface area contributed by atoms with Crippen molar-refractivity contribution in [1.29, 1.82) is 0 Å². The minimum absolute atomic E-state index is 0.0189. The third-order valence-corrected chi connectivity index (χ3v) is 5.73. The lowest BCUT2D eigenvalue weighted by Crippen LogP contribution is -2.32. The zero-order valence-electron chi connectivity index (χ0n) is 15.0. The molecule has 10 heteroatoms. The summed E-state index contributed by atoms with van der Waals surface area (Å²) in [5, 5.41) is 4.21. The lowest BCUT2D eigenvalue weighted by atomic mass is 10.3. The number of nitrogens with zero attached hydrogens (tertiary/aromatic N) is 2. The fraction of sp³-hybridized carbons (Fsp3) is 0.222. The third kappa shape index (κ3) is 4.70.